The molecule has 28 heavy (non-hydrogen) atoms. The van der Waals surface area contributed by atoms with Gasteiger partial charge in [0, 0.05) is 12.2 Å². The molecule has 0 fully saturated rings. The first kappa shape index (κ1) is 20.3. The molecular weight excluding hydrogens is 381 g/mol. The van der Waals surface area contributed by atoms with Crippen LogP contribution in [0.15, 0.2) is 47.4 Å². The zero-order valence-corrected chi connectivity index (χ0v) is 16.7. The summed E-state index contributed by atoms with van der Waals surface area (Å²) >= 11 is 0. The molecule has 2 aromatic rings. The minimum Gasteiger partial charge on any atom is -0.362 e. The van der Waals surface area contributed by atoms with E-state index >= 15 is 0 Å². The molecule has 1 amide bonds. The standard InChI is InChI=1S/C20H24FN3O3S/c1-13(2)20(15-3-6-16(21)7-4-15)23-19(25)12-24-10-9-14-5-8-17(11-18(14)24)28(22,26)27/h3-8,11,13,20H,9-10,12H2,1-2H3,(H,23,25)(H2,22,26,27). The van der Waals surface area contributed by atoms with Crippen LogP contribution in [0.5, 0.6) is 0 Å². The number of benzene rings is 2. The lowest BCUT2D eigenvalue weighted by molar-refractivity contribution is -0.120. The summed E-state index contributed by atoms with van der Waals surface area (Å²) in [5, 5.41) is 8.23. The van der Waals surface area contributed by atoms with Gasteiger partial charge in [-0.1, -0.05) is 32.0 Å². The molecule has 0 saturated heterocycles. The van der Waals surface area contributed by atoms with Gasteiger partial charge in [-0.05, 0) is 47.7 Å². The Balaban J connectivity index is 1.74. The Hall–Kier alpha value is -2.45. The lowest BCUT2D eigenvalue weighted by atomic mass is 9.96. The number of carbonyl (C=O) groups is 1. The average Bonchev–Trinajstić information content (AvgIpc) is 3.02. The van der Waals surface area contributed by atoms with Crippen molar-refractivity contribution in [1.29, 1.82) is 0 Å². The van der Waals surface area contributed by atoms with Crippen molar-refractivity contribution < 1.29 is 17.6 Å². The molecule has 1 unspecified atom stereocenters. The van der Waals surface area contributed by atoms with Crippen LogP contribution in [-0.2, 0) is 21.2 Å². The third-order valence-corrected chi connectivity index (χ3v) is 5.83. The second kappa shape index (κ2) is 7.89. The fourth-order valence-corrected chi connectivity index (χ4v) is 4.00. The van der Waals surface area contributed by atoms with Crippen LogP contribution in [0.25, 0.3) is 0 Å². The Morgan fingerprint density at radius 1 is 1.21 bits per heavy atom. The van der Waals surface area contributed by atoms with Crippen LogP contribution in [-0.4, -0.2) is 27.4 Å². The van der Waals surface area contributed by atoms with Gasteiger partial charge in [0.05, 0.1) is 17.5 Å². The van der Waals surface area contributed by atoms with E-state index in [0.717, 1.165) is 17.5 Å². The van der Waals surface area contributed by atoms with Crippen molar-refractivity contribution in [2.45, 2.75) is 31.2 Å². The van der Waals surface area contributed by atoms with E-state index in [4.69, 9.17) is 5.14 Å². The molecule has 0 bridgehead atoms. The summed E-state index contributed by atoms with van der Waals surface area (Å²) < 4.78 is 36.4. The fraction of sp³-hybridized carbons (Fsp3) is 0.350. The monoisotopic (exact) mass is 405 g/mol. The van der Waals surface area contributed by atoms with E-state index in [9.17, 15) is 17.6 Å². The number of halogens is 1. The fourth-order valence-electron chi connectivity index (χ4n) is 3.46. The minimum absolute atomic E-state index is 0.0323. The molecule has 150 valence electrons. The molecule has 3 N–H and O–H groups in total. The Morgan fingerprint density at radius 2 is 1.89 bits per heavy atom. The zero-order chi connectivity index (χ0) is 20.5. The second-order valence-corrected chi connectivity index (χ2v) is 8.91. The number of nitrogens with one attached hydrogen (secondary N) is 1. The van der Waals surface area contributed by atoms with Gasteiger partial charge in [0.25, 0.3) is 0 Å². The van der Waals surface area contributed by atoms with E-state index < -0.39 is 10.0 Å². The van der Waals surface area contributed by atoms with Crippen molar-refractivity contribution in [1.82, 2.24) is 5.32 Å². The van der Waals surface area contributed by atoms with Crippen LogP contribution in [0, 0.1) is 11.7 Å². The Morgan fingerprint density at radius 3 is 2.50 bits per heavy atom. The van der Waals surface area contributed by atoms with E-state index in [1.165, 1.54) is 24.3 Å². The second-order valence-electron chi connectivity index (χ2n) is 7.35. The number of nitrogens with zero attached hydrogens (tertiary/aromatic N) is 1. The number of rotatable bonds is 6. The molecule has 0 radical (unpaired) electrons. The highest BCUT2D eigenvalue weighted by Gasteiger charge is 2.25. The van der Waals surface area contributed by atoms with Gasteiger partial charge in [0.2, 0.25) is 15.9 Å². The largest absolute Gasteiger partial charge is 0.362 e. The predicted molar refractivity (Wildman–Crippen MR) is 106 cm³/mol. The number of nitrogens with two attached hydrogens (primary N) is 1. The Labute approximate surface area is 164 Å². The number of carbonyl (C=O) groups excluding carboxylic acids is 1. The van der Waals surface area contributed by atoms with E-state index in [-0.39, 0.29) is 35.1 Å². The highest BCUT2D eigenvalue weighted by atomic mass is 32.2. The van der Waals surface area contributed by atoms with Gasteiger partial charge in [-0.25, -0.2) is 17.9 Å². The molecule has 6 nitrogen and oxygen atoms in total. The maximum Gasteiger partial charge on any atom is 0.240 e. The van der Waals surface area contributed by atoms with Crippen LogP contribution >= 0.6 is 0 Å². The van der Waals surface area contributed by atoms with Gasteiger partial charge >= 0.3 is 0 Å². The summed E-state index contributed by atoms with van der Waals surface area (Å²) in [5.74, 6) is -0.386. The van der Waals surface area contributed by atoms with Gasteiger partial charge < -0.3 is 10.2 Å². The van der Waals surface area contributed by atoms with E-state index in [1.54, 1.807) is 18.2 Å². The van der Waals surface area contributed by atoms with Crippen LogP contribution < -0.4 is 15.4 Å². The van der Waals surface area contributed by atoms with Crippen LogP contribution in [0.2, 0.25) is 0 Å². The SMILES string of the molecule is CC(C)C(NC(=O)CN1CCc2ccc(S(N)(=O)=O)cc21)c1ccc(F)cc1. The van der Waals surface area contributed by atoms with Gasteiger partial charge in [0.15, 0.2) is 0 Å². The molecule has 0 saturated carbocycles. The van der Waals surface area contributed by atoms with E-state index in [2.05, 4.69) is 5.32 Å². The van der Waals surface area contributed by atoms with E-state index in [0.29, 0.717) is 12.2 Å². The summed E-state index contributed by atoms with van der Waals surface area (Å²) in [5.41, 5.74) is 2.53. The van der Waals surface area contributed by atoms with Crippen molar-refractivity contribution in [3.63, 3.8) is 0 Å². The number of hydrogen-bond donors (Lipinski definition) is 2. The van der Waals surface area contributed by atoms with Crippen molar-refractivity contribution in [2.75, 3.05) is 18.0 Å². The van der Waals surface area contributed by atoms with Crippen molar-refractivity contribution >= 4 is 21.6 Å². The molecule has 2 aromatic carbocycles. The number of fused-ring (bicyclic) bond motifs is 1. The predicted octanol–water partition coefficient (Wildman–Crippen LogP) is 2.35. The number of primary sulfonamides is 1. The first-order valence-electron chi connectivity index (χ1n) is 9.10. The number of amides is 1. The summed E-state index contributed by atoms with van der Waals surface area (Å²) in [6, 6.07) is 10.6. The van der Waals surface area contributed by atoms with Gasteiger partial charge in [-0.15, -0.1) is 0 Å². The van der Waals surface area contributed by atoms with Crippen molar-refractivity contribution in [3.05, 3.63) is 59.4 Å². The highest BCUT2D eigenvalue weighted by molar-refractivity contribution is 7.89. The zero-order valence-electron chi connectivity index (χ0n) is 15.9. The third kappa shape index (κ3) is 4.51. The molecule has 0 aromatic heterocycles. The molecule has 0 spiro atoms. The molecule has 0 aliphatic carbocycles. The Kier molecular flexibility index (Phi) is 5.71. The molecule has 3 rings (SSSR count). The average molecular weight is 405 g/mol. The van der Waals surface area contributed by atoms with Crippen LogP contribution in [0.1, 0.15) is 31.0 Å². The first-order chi connectivity index (χ1) is 13.1. The summed E-state index contributed by atoms with van der Waals surface area (Å²) in [4.78, 5) is 14.6. The smallest absolute Gasteiger partial charge is 0.240 e. The van der Waals surface area contributed by atoms with E-state index in [1.807, 2.05) is 18.7 Å². The topological polar surface area (TPSA) is 92.5 Å². The number of anilines is 1. The maximum atomic E-state index is 13.2. The normalized spacial score (nSPS) is 14.8. The summed E-state index contributed by atoms with van der Waals surface area (Å²) in [6.07, 6.45) is 0.735. The lowest BCUT2D eigenvalue weighted by Gasteiger charge is -2.25. The molecule has 1 aliphatic rings. The minimum atomic E-state index is -3.80. The van der Waals surface area contributed by atoms with Crippen LogP contribution in [0.3, 0.4) is 0 Å². The van der Waals surface area contributed by atoms with Gasteiger partial charge in [0.1, 0.15) is 5.82 Å². The van der Waals surface area contributed by atoms with Crippen LogP contribution in [0.4, 0.5) is 10.1 Å². The third-order valence-electron chi connectivity index (χ3n) is 4.92. The molecular formula is C20H24FN3O3S. The van der Waals surface area contributed by atoms with Gasteiger partial charge in [-0.3, -0.25) is 4.79 Å². The summed E-state index contributed by atoms with van der Waals surface area (Å²) in [7, 11) is -3.80. The van der Waals surface area contributed by atoms with Gasteiger partial charge in [-0.2, -0.15) is 0 Å². The molecule has 8 heteroatoms. The summed E-state index contributed by atoms with van der Waals surface area (Å²) in [6.45, 7) is 4.70. The van der Waals surface area contributed by atoms with Crippen molar-refractivity contribution in [3.8, 4) is 0 Å². The quantitative estimate of drug-likeness (QED) is 0.772. The molecule has 1 atom stereocenters. The molecule has 1 aliphatic heterocycles. The molecule has 1 heterocycles. The maximum absolute atomic E-state index is 13.2. The highest BCUT2D eigenvalue weighted by Crippen LogP contribution is 2.30. The Bertz CT molecular complexity index is 975. The number of hydrogen-bond acceptors (Lipinski definition) is 4. The van der Waals surface area contributed by atoms with Crippen molar-refractivity contribution in [2.24, 2.45) is 11.1 Å². The first-order valence-corrected chi connectivity index (χ1v) is 10.7. The lowest BCUT2D eigenvalue weighted by Crippen LogP contribution is -2.39. The number of sulfonamides is 1.